The summed E-state index contributed by atoms with van der Waals surface area (Å²) in [7, 11) is -3.29. The Morgan fingerprint density at radius 1 is 0.714 bits per heavy atom. The Morgan fingerprint density at radius 3 is 1.38 bits per heavy atom. The molecule has 1 aliphatic rings. The quantitative estimate of drug-likeness (QED) is 0.684. The van der Waals surface area contributed by atoms with Gasteiger partial charge in [-0.25, -0.2) is 0 Å². The van der Waals surface area contributed by atoms with E-state index in [2.05, 4.69) is 0 Å². The molecule has 0 heterocycles. The van der Waals surface area contributed by atoms with E-state index in [1.165, 1.54) is 77.0 Å². The van der Waals surface area contributed by atoms with Gasteiger partial charge in [0.1, 0.15) is 0 Å². The Morgan fingerprint density at radius 2 is 1.05 bits per heavy atom. The molecule has 0 saturated heterocycles. The molecule has 0 spiro atoms. The highest BCUT2D eigenvalue weighted by molar-refractivity contribution is 7.85. The first-order chi connectivity index (χ1) is 10.1. The van der Waals surface area contributed by atoms with Gasteiger partial charge in [-0.2, -0.15) is 8.42 Å². The molecule has 0 aliphatic heterocycles. The van der Waals surface area contributed by atoms with Crippen molar-refractivity contribution in [2.75, 3.05) is 12.9 Å². The molecule has 4 heteroatoms. The van der Waals surface area contributed by atoms with Crippen molar-refractivity contribution in [2.24, 2.45) is 5.92 Å². The smallest absolute Gasteiger partial charge is 0.264 e. The minimum Gasteiger partial charge on any atom is -0.270 e. The lowest BCUT2D eigenvalue weighted by molar-refractivity contribution is 0.231. The van der Waals surface area contributed by atoms with Crippen molar-refractivity contribution in [3.8, 4) is 0 Å². The van der Waals surface area contributed by atoms with Crippen molar-refractivity contribution < 1.29 is 12.6 Å². The molecule has 21 heavy (non-hydrogen) atoms. The number of rotatable bonds is 3. The van der Waals surface area contributed by atoms with Gasteiger partial charge in [0.15, 0.2) is 0 Å². The van der Waals surface area contributed by atoms with Crippen LogP contribution >= 0.6 is 0 Å². The van der Waals surface area contributed by atoms with Crippen molar-refractivity contribution >= 4 is 10.1 Å². The number of hydrogen-bond acceptors (Lipinski definition) is 3. The lowest BCUT2D eigenvalue weighted by Crippen LogP contribution is -2.14. The second-order valence-corrected chi connectivity index (χ2v) is 8.32. The molecule has 126 valence electrons. The van der Waals surface area contributed by atoms with E-state index < -0.39 is 10.1 Å². The third-order valence-corrected chi connectivity index (χ3v) is 5.06. The molecule has 0 aromatic carbocycles. The molecule has 1 aliphatic carbocycles. The van der Waals surface area contributed by atoms with Gasteiger partial charge in [-0.05, 0) is 18.8 Å². The molecule has 0 unspecified atom stereocenters. The zero-order valence-corrected chi connectivity index (χ0v) is 14.6. The van der Waals surface area contributed by atoms with Crippen LogP contribution in [-0.2, 0) is 14.3 Å². The standard InChI is InChI=1S/C17H34O3S/c1-21(18,19)20-16-17-14-12-10-8-6-4-2-3-5-7-9-11-13-15-17/h17H,2-16H2,1H3. The average Bonchev–Trinajstić information content (AvgIpc) is 2.43. The van der Waals surface area contributed by atoms with Crippen LogP contribution in [0.3, 0.4) is 0 Å². The van der Waals surface area contributed by atoms with E-state index in [1.54, 1.807) is 0 Å². The van der Waals surface area contributed by atoms with E-state index in [1.807, 2.05) is 0 Å². The summed E-state index contributed by atoms with van der Waals surface area (Å²) in [6.07, 6.45) is 19.4. The van der Waals surface area contributed by atoms with Crippen molar-refractivity contribution in [2.45, 2.75) is 89.9 Å². The first kappa shape index (κ1) is 19.0. The van der Waals surface area contributed by atoms with Gasteiger partial charge in [0.05, 0.1) is 12.9 Å². The van der Waals surface area contributed by atoms with Crippen LogP contribution in [0.1, 0.15) is 89.9 Å². The summed E-state index contributed by atoms with van der Waals surface area (Å²) in [5.41, 5.74) is 0. The Kier molecular flexibility index (Phi) is 10.4. The van der Waals surface area contributed by atoms with Crippen LogP contribution in [0.5, 0.6) is 0 Å². The molecule has 0 aromatic rings. The SMILES string of the molecule is CS(=O)(=O)OCC1CCCCCCCCCCCCCC1. The Labute approximate surface area is 132 Å². The highest BCUT2D eigenvalue weighted by Gasteiger charge is 2.12. The Balaban J connectivity index is 2.32. The summed E-state index contributed by atoms with van der Waals surface area (Å²) >= 11 is 0. The highest BCUT2D eigenvalue weighted by Crippen LogP contribution is 2.21. The van der Waals surface area contributed by atoms with E-state index in [4.69, 9.17) is 4.18 Å². The normalized spacial score (nSPS) is 22.3. The second-order valence-electron chi connectivity index (χ2n) is 6.67. The molecule has 1 rings (SSSR count). The van der Waals surface area contributed by atoms with Crippen LogP contribution in [0.25, 0.3) is 0 Å². The fourth-order valence-corrected chi connectivity index (χ4v) is 3.60. The van der Waals surface area contributed by atoms with Crippen LogP contribution in [0, 0.1) is 5.92 Å². The third-order valence-electron chi connectivity index (χ3n) is 4.49. The van der Waals surface area contributed by atoms with Gasteiger partial charge in [0, 0.05) is 0 Å². The second kappa shape index (κ2) is 11.5. The van der Waals surface area contributed by atoms with Crippen molar-refractivity contribution in [3.63, 3.8) is 0 Å². The Hall–Kier alpha value is -0.0900. The molecular formula is C17H34O3S. The molecule has 0 N–H and O–H groups in total. The van der Waals surface area contributed by atoms with E-state index >= 15 is 0 Å². The van der Waals surface area contributed by atoms with E-state index in [0.717, 1.165) is 19.1 Å². The predicted molar refractivity (Wildman–Crippen MR) is 88.9 cm³/mol. The molecule has 0 atom stereocenters. The van der Waals surface area contributed by atoms with Gasteiger partial charge >= 0.3 is 0 Å². The van der Waals surface area contributed by atoms with Gasteiger partial charge < -0.3 is 0 Å². The van der Waals surface area contributed by atoms with Gasteiger partial charge in [-0.1, -0.05) is 77.0 Å². The molecule has 0 aromatic heterocycles. The van der Waals surface area contributed by atoms with Crippen LogP contribution < -0.4 is 0 Å². The first-order valence-corrected chi connectivity index (χ1v) is 10.7. The van der Waals surface area contributed by atoms with E-state index in [-0.39, 0.29) is 0 Å². The molecule has 0 amide bonds. The van der Waals surface area contributed by atoms with Crippen LogP contribution in [0.2, 0.25) is 0 Å². The minimum absolute atomic E-state index is 0.388. The van der Waals surface area contributed by atoms with Crippen LogP contribution in [0.4, 0.5) is 0 Å². The Bertz CT molecular complexity index is 322. The maximum atomic E-state index is 11.2. The lowest BCUT2D eigenvalue weighted by Gasteiger charge is -2.16. The first-order valence-electron chi connectivity index (χ1n) is 8.92. The summed E-state index contributed by atoms with van der Waals surface area (Å²) < 4.78 is 27.3. The molecule has 0 bridgehead atoms. The summed E-state index contributed by atoms with van der Waals surface area (Å²) in [5, 5.41) is 0. The highest BCUT2D eigenvalue weighted by atomic mass is 32.2. The largest absolute Gasteiger partial charge is 0.270 e. The van der Waals surface area contributed by atoms with Crippen LogP contribution in [0.15, 0.2) is 0 Å². The summed E-state index contributed by atoms with van der Waals surface area (Å²) in [6.45, 7) is 0.388. The van der Waals surface area contributed by atoms with Gasteiger partial charge in [-0.15, -0.1) is 0 Å². The lowest BCUT2D eigenvalue weighted by atomic mass is 9.95. The topological polar surface area (TPSA) is 43.4 Å². The maximum absolute atomic E-state index is 11.2. The van der Waals surface area contributed by atoms with Gasteiger partial charge in [0.2, 0.25) is 0 Å². The van der Waals surface area contributed by atoms with Crippen molar-refractivity contribution in [1.29, 1.82) is 0 Å². The molecule has 1 fully saturated rings. The fourth-order valence-electron chi connectivity index (χ4n) is 3.16. The van der Waals surface area contributed by atoms with Crippen molar-refractivity contribution in [1.82, 2.24) is 0 Å². The third kappa shape index (κ3) is 12.2. The summed E-state index contributed by atoms with van der Waals surface area (Å²) in [5.74, 6) is 0.421. The fraction of sp³-hybridized carbons (Fsp3) is 1.00. The summed E-state index contributed by atoms with van der Waals surface area (Å²) in [6, 6.07) is 0. The zero-order valence-electron chi connectivity index (χ0n) is 13.8. The molecule has 0 radical (unpaired) electrons. The molecule has 1 saturated carbocycles. The van der Waals surface area contributed by atoms with E-state index in [9.17, 15) is 8.42 Å². The average molecular weight is 319 g/mol. The van der Waals surface area contributed by atoms with E-state index in [0.29, 0.717) is 12.5 Å². The molecular weight excluding hydrogens is 284 g/mol. The van der Waals surface area contributed by atoms with Gasteiger partial charge in [0.25, 0.3) is 10.1 Å². The van der Waals surface area contributed by atoms with Gasteiger partial charge in [-0.3, -0.25) is 4.18 Å². The van der Waals surface area contributed by atoms with Crippen molar-refractivity contribution in [3.05, 3.63) is 0 Å². The maximum Gasteiger partial charge on any atom is 0.264 e. The monoisotopic (exact) mass is 318 g/mol. The minimum atomic E-state index is -3.29. The zero-order chi connectivity index (χ0) is 15.4. The van der Waals surface area contributed by atoms with Crippen LogP contribution in [-0.4, -0.2) is 21.3 Å². The molecule has 3 nitrogen and oxygen atoms in total. The summed E-state index contributed by atoms with van der Waals surface area (Å²) in [4.78, 5) is 0. The predicted octanol–water partition coefficient (Wildman–Crippen LogP) is 5.05. The number of hydrogen-bond donors (Lipinski definition) is 0.